The fourth-order valence-electron chi connectivity index (χ4n) is 2.62. The van der Waals surface area contributed by atoms with E-state index in [2.05, 4.69) is 5.09 Å². The third-order valence-electron chi connectivity index (χ3n) is 3.70. The van der Waals surface area contributed by atoms with Crippen LogP contribution in [0, 0.1) is 0 Å². The summed E-state index contributed by atoms with van der Waals surface area (Å²) in [5, 5.41) is 2.58. The van der Waals surface area contributed by atoms with Gasteiger partial charge in [-0.1, -0.05) is 12.1 Å². The molecule has 150 valence electrons. The van der Waals surface area contributed by atoms with E-state index in [1.807, 2.05) is 0 Å². The van der Waals surface area contributed by atoms with Crippen molar-refractivity contribution in [1.29, 1.82) is 0 Å². The van der Waals surface area contributed by atoms with E-state index in [-0.39, 0.29) is 37.2 Å². The molecule has 0 bridgehead atoms. The number of hydrogen-bond acceptors (Lipinski definition) is 7. The normalized spacial score (nSPS) is 16.5. The van der Waals surface area contributed by atoms with Crippen molar-refractivity contribution < 1.29 is 32.3 Å². The lowest BCUT2D eigenvalue weighted by atomic mass is 10.1. The molecule has 0 aliphatic carbocycles. The quantitative estimate of drug-likeness (QED) is 0.431. The highest BCUT2D eigenvalue weighted by molar-refractivity contribution is 7.59. The van der Waals surface area contributed by atoms with Gasteiger partial charge < -0.3 is 13.6 Å². The summed E-state index contributed by atoms with van der Waals surface area (Å²) in [5.74, 6) is -1.09. The van der Waals surface area contributed by atoms with Crippen molar-refractivity contribution in [2.75, 3.05) is 32.4 Å². The first-order chi connectivity index (χ1) is 12.8. The molecule has 0 spiro atoms. The van der Waals surface area contributed by atoms with Crippen molar-refractivity contribution in [3.05, 3.63) is 35.4 Å². The minimum Gasteiger partial charge on any atom is -0.317 e. The van der Waals surface area contributed by atoms with Crippen LogP contribution in [0.5, 0.6) is 0 Å². The summed E-state index contributed by atoms with van der Waals surface area (Å²) in [5.41, 5.74) is 0.500. The van der Waals surface area contributed by atoms with Gasteiger partial charge in [0.2, 0.25) is 0 Å². The molecular formula is C16H24N2O7P2. The van der Waals surface area contributed by atoms with Crippen LogP contribution in [-0.4, -0.2) is 49.1 Å². The molecule has 1 aliphatic heterocycles. The van der Waals surface area contributed by atoms with Crippen LogP contribution in [0.3, 0.4) is 0 Å². The molecule has 0 radical (unpaired) electrons. The lowest BCUT2D eigenvalue weighted by Gasteiger charge is -2.25. The van der Waals surface area contributed by atoms with E-state index in [1.165, 1.54) is 12.1 Å². The topological polar surface area (TPSA) is 111 Å². The summed E-state index contributed by atoms with van der Waals surface area (Å²) >= 11 is 0. The average molecular weight is 418 g/mol. The largest absolute Gasteiger partial charge is 0.344 e. The molecule has 1 heterocycles. The van der Waals surface area contributed by atoms with Gasteiger partial charge in [0.25, 0.3) is 19.3 Å². The van der Waals surface area contributed by atoms with Crippen LogP contribution >= 0.6 is 15.1 Å². The van der Waals surface area contributed by atoms with Gasteiger partial charge in [-0.05, 0) is 32.9 Å². The maximum Gasteiger partial charge on any atom is 0.344 e. The van der Waals surface area contributed by atoms with E-state index >= 15 is 0 Å². The lowest BCUT2D eigenvalue weighted by Crippen LogP contribution is -2.34. The average Bonchev–Trinajstić information content (AvgIpc) is 2.86. The number of nitrogens with zero attached hydrogens (tertiary/aromatic N) is 1. The van der Waals surface area contributed by atoms with Gasteiger partial charge in [-0.2, -0.15) is 0 Å². The van der Waals surface area contributed by atoms with Crippen LogP contribution in [-0.2, 0) is 22.7 Å². The van der Waals surface area contributed by atoms with E-state index in [4.69, 9.17) is 13.6 Å². The minimum atomic E-state index is -3.71. The summed E-state index contributed by atoms with van der Waals surface area (Å²) in [7, 11) is -7.24. The van der Waals surface area contributed by atoms with Gasteiger partial charge in [-0.25, -0.2) is 5.09 Å². The number of imide groups is 1. The SMILES string of the molecule is CCOP(=O)(CN1C(=O)c2ccccc2C1=O)NCP(=O)(OCC)OCC. The fraction of sp³-hybridized carbons (Fsp3) is 0.500. The zero-order valence-corrected chi connectivity index (χ0v) is 17.3. The number of carbonyl (C=O) groups is 2. The summed E-state index contributed by atoms with van der Waals surface area (Å²) < 4.78 is 41.3. The van der Waals surface area contributed by atoms with Gasteiger partial charge >= 0.3 is 7.60 Å². The smallest absolute Gasteiger partial charge is 0.317 e. The first kappa shape index (κ1) is 22.0. The molecule has 1 aromatic carbocycles. The number of benzene rings is 1. The Hall–Kier alpha value is -1.34. The molecule has 1 N–H and O–H groups in total. The second-order valence-electron chi connectivity index (χ2n) is 5.58. The summed E-state index contributed by atoms with van der Waals surface area (Å²) in [6.45, 7) is 5.31. The van der Waals surface area contributed by atoms with E-state index in [9.17, 15) is 18.7 Å². The van der Waals surface area contributed by atoms with Crippen LogP contribution in [0.2, 0.25) is 0 Å². The van der Waals surface area contributed by atoms with Crippen molar-refractivity contribution in [2.45, 2.75) is 20.8 Å². The van der Waals surface area contributed by atoms with Crippen molar-refractivity contribution in [1.82, 2.24) is 9.99 Å². The van der Waals surface area contributed by atoms with E-state index < -0.39 is 33.2 Å². The Morgan fingerprint density at radius 3 is 1.81 bits per heavy atom. The highest BCUT2D eigenvalue weighted by Crippen LogP contribution is 2.52. The zero-order valence-electron chi connectivity index (χ0n) is 15.5. The molecule has 9 nitrogen and oxygen atoms in total. The second kappa shape index (κ2) is 9.24. The fourth-order valence-corrected chi connectivity index (χ4v) is 6.53. The minimum absolute atomic E-state index is 0.0705. The molecule has 1 atom stereocenters. The molecule has 0 saturated heterocycles. The van der Waals surface area contributed by atoms with E-state index in [1.54, 1.807) is 32.9 Å². The van der Waals surface area contributed by atoms with E-state index in [0.717, 1.165) is 4.90 Å². The van der Waals surface area contributed by atoms with Crippen molar-refractivity contribution >= 4 is 26.9 Å². The highest BCUT2D eigenvalue weighted by atomic mass is 31.2. The van der Waals surface area contributed by atoms with Gasteiger partial charge in [0.1, 0.15) is 12.6 Å². The number of nitrogens with one attached hydrogen (secondary N) is 1. The highest BCUT2D eigenvalue weighted by Gasteiger charge is 2.41. The second-order valence-corrected chi connectivity index (χ2v) is 9.84. The van der Waals surface area contributed by atoms with Crippen LogP contribution in [0.1, 0.15) is 41.5 Å². The van der Waals surface area contributed by atoms with Crippen molar-refractivity contribution in [2.24, 2.45) is 0 Å². The Bertz CT molecular complexity index is 754. The first-order valence-corrected chi connectivity index (χ1v) is 12.1. The predicted octanol–water partition coefficient (Wildman–Crippen LogP) is 3.28. The van der Waals surface area contributed by atoms with E-state index in [0.29, 0.717) is 0 Å². The molecule has 2 rings (SSSR count). The van der Waals surface area contributed by atoms with Gasteiger partial charge in [0.15, 0.2) is 0 Å². The molecular weight excluding hydrogens is 394 g/mol. The monoisotopic (exact) mass is 418 g/mol. The molecule has 2 amide bonds. The van der Waals surface area contributed by atoms with Crippen LogP contribution in [0.25, 0.3) is 0 Å². The standard InChI is InChI=1S/C16H24N2O7P2/c1-4-23-26(21,17-11-27(22,24-5-2)25-6-3)12-18-15(19)13-9-7-8-10-14(13)16(18)20/h7-10H,4-6,11-12H2,1-3H3,(H,17,21). The molecule has 1 aliphatic rings. The Morgan fingerprint density at radius 2 is 1.37 bits per heavy atom. The van der Waals surface area contributed by atoms with Crippen molar-refractivity contribution in [3.63, 3.8) is 0 Å². The van der Waals surface area contributed by atoms with Crippen LogP contribution in [0.15, 0.2) is 24.3 Å². The molecule has 11 heteroatoms. The maximum atomic E-state index is 13.2. The number of carbonyl (C=O) groups excluding carboxylic acids is 2. The number of rotatable bonds is 11. The Kier molecular flexibility index (Phi) is 7.51. The summed E-state index contributed by atoms with van der Waals surface area (Å²) in [4.78, 5) is 25.9. The van der Waals surface area contributed by atoms with Crippen molar-refractivity contribution in [3.8, 4) is 0 Å². The predicted molar refractivity (Wildman–Crippen MR) is 99.9 cm³/mol. The lowest BCUT2D eigenvalue weighted by molar-refractivity contribution is 0.0673. The number of amides is 2. The van der Waals surface area contributed by atoms with Gasteiger partial charge in [0.05, 0.1) is 30.9 Å². The van der Waals surface area contributed by atoms with Crippen LogP contribution < -0.4 is 5.09 Å². The molecule has 1 unspecified atom stereocenters. The van der Waals surface area contributed by atoms with Crippen LogP contribution in [0.4, 0.5) is 0 Å². The molecule has 0 aromatic heterocycles. The van der Waals surface area contributed by atoms with Gasteiger partial charge in [-0.15, -0.1) is 0 Å². The molecule has 1 aromatic rings. The summed E-state index contributed by atoms with van der Waals surface area (Å²) in [6, 6.07) is 6.36. The summed E-state index contributed by atoms with van der Waals surface area (Å²) in [6.07, 6.45) is -0.847. The maximum absolute atomic E-state index is 13.2. The van der Waals surface area contributed by atoms with Gasteiger partial charge in [-0.3, -0.25) is 23.6 Å². The first-order valence-electron chi connectivity index (χ1n) is 8.61. The number of fused-ring (bicyclic) bond motifs is 1. The zero-order chi connectivity index (χ0) is 20.1. The molecule has 27 heavy (non-hydrogen) atoms. The molecule has 0 saturated carbocycles. The Labute approximate surface area is 158 Å². The third kappa shape index (κ3) is 5.13. The third-order valence-corrected chi connectivity index (χ3v) is 7.77. The van der Waals surface area contributed by atoms with Gasteiger partial charge in [0, 0.05) is 0 Å². The Balaban J connectivity index is 2.17. The molecule has 0 fully saturated rings. The number of hydrogen-bond donors (Lipinski definition) is 1. The Morgan fingerprint density at radius 1 is 0.889 bits per heavy atom.